The third-order valence-corrected chi connectivity index (χ3v) is 3.39. The monoisotopic (exact) mass is 256 g/mol. The number of carboxylic acid groups (broad SMARTS) is 1. The van der Waals surface area contributed by atoms with E-state index in [1.807, 2.05) is 25.8 Å². The van der Waals surface area contributed by atoms with Crippen LogP contribution in [0.3, 0.4) is 0 Å². The van der Waals surface area contributed by atoms with Gasteiger partial charge in [0.25, 0.3) is 0 Å². The summed E-state index contributed by atoms with van der Waals surface area (Å²) >= 11 is 0. The van der Waals surface area contributed by atoms with Crippen molar-refractivity contribution < 1.29 is 14.7 Å². The van der Waals surface area contributed by atoms with Gasteiger partial charge in [-0.1, -0.05) is 20.3 Å². The molecule has 2 atom stereocenters. The largest absolute Gasteiger partial charge is 0.480 e. The lowest BCUT2D eigenvalue weighted by Gasteiger charge is -2.32. The van der Waals surface area contributed by atoms with Crippen molar-refractivity contribution in [3.8, 4) is 0 Å². The van der Waals surface area contributed by atoms with Crippen LogP contribution in [0.5, 0.6) is 0 Å². The Morgan fingerprint density at radius 2 is 2.06 bits per heavy atom. The molecule has 1 aliphatic heterocycles. The molecule has 104 valence electrons. The number of hydrogen-bond donors (Lipinski definition) is 2. The molecule has 0 aliphatic carbocycles. The Kier molecular flexibility index (Phi) is 5.59. The van der Waals surface area contributed by atoms with Crippen molar-refractivity contribution >= 4 is 11.9 Å². The fourth-order valence-electron chi connectivity index (χ4n) is 2.37. The number of hydrogen-bond acceptors (Lipinski definition) is 3. The molecule has 18 heavy (non-hydrogen) atoms. The Balaban J connectivity index is 2.57. The molecular formula is C13H24N2O3. The lowest BCUT2D eigenvalue weighted by molar-refractivity contribution is -0.143. The molecule has 5 heteroatoms. The lowest BCUT2D eigenvalue weighted by atomic mass is 10.00. The second-order valence-corrected chi connectivity index (χ2v) is 5.52. The predicted molar refractivity (Wildman–Crippen MR) is 69.3 cm³/mol. The van der Waals surface area contributed by atoms with Gasteiger partial charge in [0, 0.05) is 0 Å². The van der Waals surface area contributed by atoms with Crippen LogP contribution in [-0.4, -0.2) is 47.6 Å². The molecule has 0 spiro atoms. The van der Waals surface area contributed by atoms with Crippen molar-refractivity contribution in [2.24, 2.45) is 5.92 Å². The van der Waals surface area contributed by atoms with Crippen molar-refractivity contribution in [3.63, 3.8) is 0 Å². The lowest BCUT2D eigenvalue weighted by Crippen LogP contribution is -2.52. The van der Waals surface area contributed by atoms with E-state index in [0.717, 1.165) is 25.8 Å². The van der Waals surface area contributed by atoms with Gasteiger partial charge in [0.1, 0.15) is 6.04 Å². The van der Waals surface area contributed by atoms with Crippen LogP contribution in [0.25, 0.3) is 0 Å². The third kappa shape index (κ3) is 4.29. The average molecular weight is 256 g/mol. The normalized spacial score (nSPS) is 22.8. The first-order valence-corrected chi connectivity index (χ1v) is 6.65. The molecule has 0 aromatic carbocycles. The highest BCUT2D eigenvalue weighted by molar-refractivity contribution is 5.86. The van der Waals surface area contributed by atoms with Crippen LogP contribution in [0.1, 0.15) is 39.5 Å². The van der Waals surface area contributed by atoms with Crippen LogP contribution in [0.4, 0.5) is 0 Å². The summed E-state index contributed by atoms with van der Waals surface area (Å²) < 4.78 is 0. The average Bonchev–Trinajstić information content (AvgIpc) is 2.27. The summed E-state index contributed by atoms with van der Waals surface area (Å²) in [7, 11) is 1.92. The summed E-state index contributed by atoms with van der Waals surface area (Å²) in [5.74, 6) is -0.851. The highest BCUT2D eigenvalue weighted by Crippen LogP contribution is 2.15. The third-order valence-electron chi connectivity index (χ3n) is 3.39. The van der Waals surface area contributed by atoms with E-state index in [1.54, 1.807) is 0 Å². The van der Waals surface area contributed by atoms with Gasteiger partial charge in [0.2, 0.25) is 5.91 Å². The molecule has 1 fully saturated rings. The van der Waals surface area contributed by atoms with Gasteiger partial charge in [-0.25, -0.2) is 4.79 Å². The first-order valence-electron chi connectivity index (χ1n) is 6.65. The Labute approximate surface area is 109 Å². The van der Waals surface area contributed by atoms with E-state index in [0.29, 0.717) is 6.42 Å². The van der Waals surface area contributed by atoms with E-state index in [-0.39, 0.29) is 17.9 Å². The molecule has 2 N–H and O–H groups in total. The first kappa shape index (κ1) is 15.0. The molecule has 1 heterocycles. The molecular weight excluding hydrogens is 232 g/mol. The molecule has 0 bridgehead atoms. The number of likely N-dealkylation sites (tertiary alicyclic amines) is 1. The maximum absolute atomic E-state index is 12.1. The number of nitrogens with zero attached hydrogens (tertiary/aromatic N) is 1. The van der Waals surface area contributed by atoms with Gasteiger partial charge in [-0.15, -0.1) is 0 Å². The molecule has 5 nitrogen and oxygen atoms in total. The van der Waals surface area contributed by atoms with Crippen LogP contribution in [-0.2, 0) is 9.59 Å². The highest BCUT2D eigenvalue weighted by atomic mass is 16.4. The zero-order valence-electron chi connectivity index (χ0n) is 11.5. The number of likely N-dealkylation sites (N-methyl/N-ethyl adjacent to an activating group) is 1. The molecule has 0 unspecified atom stereocenters. The number of nitrogens with one attached hydrogen (secondary N) is 1. The maximum Gasteiger partial charge on any atom is 0.326 e. The fraction of sp³-hybridized carbons (Fsp3) is 0.846. The first-order chi connectivity index (χ1) is 8.41. The standard InChI is InChI=1S/C13H24N2O3/c1-9(2)8-10(13(17)18)14-12(16)11-6-4-5-7-15(11)3/h9-11H,4-8H2,1-3H3,(H,14,16)(H,17,18)/t10-,11-/m0/s1. The molecule has 1 saturated heterocycles. The second kappa shape index (κ2) is 6.73. The van der Waals surface area contributed by atoms with E-state index < -0.39 is 12.0 Å². The Hall–Kier alpha value is -1.10. The minimum absolute atomic E-state index is 0.148. The fourth-order valence-corrected chi connectivity index (χ4v) is 2.37. The number of rotatable bonds is 5. The molecule has 0 saturated carbocycles. The van der Waals surface area contributed by atoms with Crippen LogP contribution in [0.15, 0.2) is 0 Å². The quantitative estimate of drug-likeness (QED) is 0.772. The van der Waals surface area contributed by atoms with Crippen LogP contribution in [0, 0.1) is 5.92 Å². The molecule has 0 aromatic heterocycles. The maximum atomic E-state index is 12.1. The van der Waals surface area contributed by atoms with Gasteiger partial charge in [-0.05, 0) is 38.8 Å². The van der Waals surface area contributed by atoms with Crippen LogP contribution in [0.2, 0.25) is 0 Å². The van der Waals surface area contributed by atoms with Crippen LogP contribution >= 0.6 is 0 Å². The number of carboxylic acids is 1. The zero-order chi connectivity index (χ0) is 13.7. The number of piperidine rings is 1. The zero-order valence-corrected chi connectivity index (χ0v) is 11.5. The van der Waals surface area contributed by atoms with Gasteiger partial charge >= 0.3 is 5.97 Å². The van der Waals surface area contributed by atoms with Crippen LogP contribution < -0.4 is 5.32 Å². The van der Waals surface area contributed by atoms with E-state index in [9.17, 15) is 9.59 Å². The minimum Gasteiger partial charge on any atom is -0.480 e. The van der Waals surface area contributed by atoms with Crippen molar-refractivity contribution in [3.05, 3.63) is 0 Å². The molecule has 0 radical (unpaired) electrons. The van der Waals surface area contributed by atoms with Crippen molar-refractivity contribution in [1.82, 2.24) is 10.2 Å². The smallest absolute Gasteiger partial charge is 0.326 e. The number of amides is 1. The summed E-state index contributed by atoms with van der Waals surface area (Å²) in [5, 5.41) is 11.8. The molecule has 1 amide bonds. The summed E-state index contributed by atoms with van der Waals surface area (Å²) in [6.07, 6.45) is 3.42. The Morgan fingerprint density at radius 3 is 2.56 bits per heavy atom. The van der Waals surface area contributed by atoms with Gasteiger partial charge in [-0.3, -0.25) is 9.69 Å². The van der Waals surface area contributed by atoms with Gasteiger partial charge in [0.15, 0.2) is 0 Å². The predicted octanol–water partition coefficient (Wildman–Crippen LogP) is 1.09. The molecule has 1 aliphatic rings. The summed E-state index contributed by atoms with van der Waals surface area (Å²) in [4.78, 5) is 25.2. The highest BCUT2D eigenvalue weighted by Gasteiger charge is 2.29. The van der Waals surface area contributed by atoms with E-state index in [4.69, 9.17) is 5.11 Å². The van der Waals surface area contributed by atoms with Gasteiger partial charge < -0.3 is 10.4 Å². The molecule has 0 aromatic rings. The summed E-state index contributed by atoms with van der Waals surface area (Å²) in [5.41, 5.74) is 0. The van der Waals surface area contributed by atoms with Gasteiger partial charge in [0.05, 0.1) is 6.04 Å². The van der Waals surface area contributed by atoms with E-state index in [2.05, 4.69) is 5.32 Å². The Morgan fingerprint density at radius 1 is 1.39 bits per heavy atom. The van der Waals surface area contributed by atoms with Crippen molar-refractivity contribution in [2.75, 3.05) is 13.6 Å². The second-order valence-electron chi connectivity index (χ2n) is 5.52. The Bertz CT molecular complexity index is 305. The minimum atomic E-state index is -0.949. The topological polar surface area (TPSA) is 69.6 Å². The number of aliphatic carboxylic acids is 1. The molecule has 1 rings (SSSR count). The summed E-state index contributed by atoms with van der Waals surface area (Å²) in [6, 6.07) is -0.944. The van der Waals surface area contributed by atoms with Crippen molar-refractivity contribution in [2.45, 2.75) is 51.6 Å². The van der Waals surface area contributed by atoms with E-state index >= 15 is 0 Å². The SMILES string of the molecule is CC(C)C[C@H](NC(=O)[C@@H]1CCCCN1C)C(=O)O. The number of carbonyl (C=O) groups excluding carboxylic acids is 1. The summed E-state index contributed by atoms with van der Waals surface area (Å²) in [6.45, 7) is 4.81. The number of carbonyl (C=O) groups is 2. The van der Waals surface area contributed by atoms with Crippen molar-refractivity contribution in [1.29, 1.82) is 0 Å². The van der Waals surface area contributed by atoms with E-state index in [1.165, 1.54) is 0 Å². The van der Waals surface area contributed by atoms with Gasteiger partial charge in [-0.2, -0.15) is 0 Å².